The summed E-state index contributed by atoms with van der Waals surface area (Å²) >= 11 is 0. The van der Waals surface area contributed by atoms with Gasteiger partial charge in [0, 0.05) is 23.5 Å². The number of nitrogen functional groups attached to an aromatic ring is 2. The van der Waals surface area contributed by atoms with Gasteiger partial charge in [0.15, 0.2) is 0 Å². The van der Waals surface area contributed by atoms with Gasteiger partial charge in [-0.2, -0.15) is 26.3 Å². The van der Waals surface area contributed by atoms with Crippen LogP contribution >= 0.6 is 0 Å². The fourth-order valence-corrected chi connectivity index (χ4v) is 1.90. The quantitative estimate of drug-likeness (QED) is 0.485. The molecule has 2 aromatic rings. The molecule has 0 saturated carbocycles. The Morgan fingerprint density at radius 2 is 1.00 bits per heavy atom. The number of halogens is 6. The molecule has 0 bridgehead atoms. The third-order valence-electron chi connectivity index (χ3n) is 2.99. The van der Waals surface area contributed by atoms with Crippen molar-refractivity contribution in [2.45, 2.75) is 18.1 Å². The van der Waals surface area contributed by atoms with E-state index in [9.17, 15) is 26.3 Å². The molecule has 4 N–H and O–H groups in total. The zero-order valence-corrected chi connectivity index (χ0v) is 12.4. The molecular formula is C15H12F6N2O2. The zero-order valence-electron chi connectivity index (χ0n) is 12.4. The normalized spacial score (nSPS) is 12.7. The first-order valence-corrected chi connectivity index (χ1v) is 6.67. The van der Waals surface area contributed by atoms with Crippen molar-refractivity contribution in [3.63, 3.8) is 0 Å². The van der Waals surface area contributed by atoms with E-state index in [0.29, 0.717) is 0 Å². The van der Waals surface area contributed by atoms with Crippen molar-refractivity contribution >= 4 is 11.4 Å². The van der Waals surface area contributed by atoms with E-state index in [1.54, 1.807) is 0 Å². The smallest absolute Gasteiger partial charge is 0.438 e. The summed E-state index contributed by atoms with van der Waals surface area (Å²) in [7, 11) is 0. The molecule has 2 aromatic carbocycles. The Labute approximate surface area is 137 Å². The monoisotopic (exact) mass is 366 g/mol. The van der Waals surface area contributed by atoms with Gasteiger partial charge in [-0.1, -0.05) is 12.1 Å². The van der Waals surface area contributed by atoms with Gasteiger partial charge >= 0.3 is 18.1 Å². The number of hydrogen-bond acceptors (Lipinski definition) is 4. The average Bonchev–Trinajstić information content (AvgIpc) is 2.44. The van der Waals surface area contributed by atoms with Crippen LogP contribution in [0.15, 0.2) is 48.5 Å². The Bertz CT molecular complexity index is 682. The van der Waals surface area contributed by atoms with Crippen LogP contribution in [0.3, 0.4) is 0 Å². The van der Waals surface area contributed by atoms with Crippen molar-refractivity contribution in [2.24, 2.45) is 0 Å². The molecule has 136 valence electrons. The number of rotatable bonds is 4. The minimum absolute atomic E-state index is 0.0836. The van der Waals surface area contributed by atoms with E-state index >= 15 is 0 Å². The lowest BCUT2D eigenvalue weighted by molar-refractivity contribution is -0.422. The Balaban J connectivity index is 2.56. The van der Waals surface area contributed by atoms with Crippen molar-refractivity contribution in [1.82, 2.24) is 0 Å². The molecule has 0 aliphatic rings. The number of benzene rings is 2. The summed E-state index contributed by atoms with van der Waals surface area (Å²) < 4.78 is 89.0. The van der Waals surface area contributed by atoms with Crippen LogP contribution in [0, 0.1) is 0 Å². The number of ether oxygens (including phenoxy) is 2. The summed E-state index contributed by atoms with van der Waals surface area (Å²) in [5, 5.41) is 0. The van der Waals surface area contributed by atoms with E-state index in [1.165, 1.54) is 12.1 Å². The maximum atomic E-state index is 13.4. The Hall–Kier alpha value is -2.78. The summed E-state index contributed by atoms with van der Waals surface area (Å²) in [4.78, 5) is 0. The molecule has 0 radical (unpaired) electrons. The number of alkyl halides is 6. The van der Waals surface area contributed by atoms with Crippen molar-refractivity contribution in [3.8, 4) is 11.5 Å². The Morgan fingerprint density at radius 3 is 1.28 bits per heavy atom. The minimum atomic E-state index is -5.96. The molecular weight excluding hydrogens is 354 g/mol. The second-order valence-corrected chi connectivity index (χ2v) is 4.96. The predicted molar refractivity (Wildman–Crippen MR) is 77.8 cm³/mol. The minimum Gasteiger partial charge on any atom is -0.438 e. The summed E-state index contributed by atoms with van der Waals surface area (Å²) in [5.74, 6) is -6.47. The van der Waals surface area contributed by atoms with Crippen LogP contribution in [0.25, 0.3) is 0 Å². The third-order valence-corrected chi connectivity index (χ3v) is 2.99. The molecule has 0 aromatic heterocycles. The van der Waals surface area contributed by atoms with Crippen LogP contribution in [-0.2, 0) is 0 Å². The van der Waals surface area contributed by atoms with Crippen molar-refractivity contribution < 1.29 is 35.8 Å². The van der Waals surface area contributed by atoms with Gasteiger partial charge in [-0.25, -0.2) is 0 Å². The first kappa shape index (κ1) is 18.6. The van der Waals surface area contributed by atoms with Crippen molar-refractivity contribution in [2.75, 3.05) is 11.5 Å². The molecule has 0 saturated heterocycles. The molecule has 0 atom stereocenters. The highest BCUT2D eigenvalue weighted by molar-refractivity contribution is 5.45. The molecule has 0 heterocycles. The summed E-state index contributed by atoms with van der Waals surface area (Å²) in [6, 6.07) is 8.24. The molecule has 0 aliphatic carbocycles. The van der Waals surface area contributed by atoms with Crippen LogP contribution in [0.1, 0.15) is 0 Å². The van der Waals surface area contributed by atoms with Gasteiger partial charge in [-0.05, 0) is 24.3 Å². The summed E-state index contributed by atoms with van der Waals surface area (Å²) in [6.45, 7) is 0. The maximum Gasteiger partial charge on any atom is 0.478 e. The number of hydrogen-bond donors (Lipinski definition) is 2. The molecule has 0 fully saturated rings. The van der Waals surface area contributed by atoms with E-state index in [-0.39, 0.29) is 11.4 Å². The lowest BCUT2D eigenvalue weighted by Gasteiger charge is -2.36. The molecule has 0 unspecified atom stereocenters. The van der Waals surface area contributed by atoms with Gasteiger partial charge in [0.05, 0.1) is 0 Å². The van der Waals surface area contributed by atoms with E-state index in [0.717, 1.165) is 36.4 Å². The fourth-order valence-electron chi connectivity index (χ4n) is 1.90. The van der Waals surface area contributed by atoms with Gasteiger partial charge in [-0.3, -0.25) is 0 Å². The maximum absolute atomic E-state index is 13.4. The average molecular weight is 366 g/mol. The fraction of sp³-hybridized carbons (Fsp3) is 0.200. The SMILES string of the molecule is Nc1cccc(OC(Oc2cccc(N)c2)(C(F)(F)F)C(F)(F)F)c1. The largest absolute Gasteiger partial charge is 0.478 e. The number of anilines is 2. The first-order valence-electron chi connectivity index (χ1n) is 6.67. The number of nitrogens with two attached hydrogens (primary N) is 2. The van der Waals surface area contributed by atoms with Crippen molar-refractivity contribution in [1.29, 1.82) is 0 Å². The summed E-state index contributed by atoms with van der Waals surface area (Å²) in [5.41, 5.74) is 10.6. The lowest BCUT2D eigenvalue weighted by Crippen LogP contribution is -2.65. The van der Waals surface area contributed by atoms with Gasteiger partial charge in [-0.15, -0.1) is 0 Å². The second kappa shape index (κ2) is 6.26. The highest BCUT2D eigenvalue weighted by atomic mass is 19.4. The highest BCUT2D eigenvalue weighted by Crippen LogP contribution is 2.47. The molecule has 0 amide bonds. The van der Waals surface area contributed by atoms with Crippen molar-refractivity contribution in [3.05, 3.63) is 48.5 Å². The van der Waals surface area contributed by atoms with Crippen LogP contribution < -0.4 is 20.9 Å². The van der Waals surface area contributed by atoms with E-state index in [2.05, 4.69) is 9.47 Å². The topological polar surface area (TPSA) is 70.5 Å². The van der Waals surface area contributed by atoms with Crippen LogP contribution in [-0.4, -0.2) is 18.1 Å². The molecule has 2 rings (SSSR count). The predicted octanol–water partition coefficient (Wildman–Crippen LogP) is 4.13. The Morgan fingerprint density at radius 1 is 0.640 bits per heavy atom. The van der Waals surface area contributed by atoms with E-state index in [1.807, 2.05) is 0 Å². The third kappa shape index (κ3) is 3.83. The van der Waals surface area contributed by atoms with Crippen LogP contribution in [0.5, 0.6) is 11.5 Å². The second-order valence-electron chi connectivity index (χ2n) is 4.96. The molecule has 0 spiro atoms. The van der Waals surface area contributed by atoms with Gasteiger partial charge in [0.2, 0.25) is 0 Å². The summed E-state index contributed by atoms with van der Waals surface area (Å²) in [6.07, 6.45) is -11.9. The van der Waals surface area contributed by atoms with Crippen LogP contribution in [0.2, 0.25) is 0 Å². The standard InChI is InChI=1S/C15H12F6N2O2/c16-14(17,18)13(15(19,20)21,24-11-5-1-3-9(22)7-11)25-12-6-2-4-10(23)8-12/h1-8H,22-23H2. The van der Waals surface area contributed by atoms with Gasteiger partial charge in [0.1, 0.15) is 11.5 Å². The molecule has 0 aliphatic heterocycles. The van der Waals surface area contributed by atoms with Gasteiger partial charge in [0.25, 0.3) is 0 Å². The first-order chi connectivity index (χ1) is 11.4. The molecule has 25 heavy (non-hydrogen) atoms. The highest BCUT2D eigenvalue weighted by Gasteiger charge is 2.77. The molecule has 10 heteroatoms. The Kier molecular flexibility index (Phi) is 4.65. The van der Waals surface area contributed by atoms with Gasteiger partial charge < -0.3 is 20.9 Å². The molecule has 4 nitrogen and oxygen atoms in total. The zero-order chi connectivity index (χ0) is 18.9. The van der Waals surface area contributed by atoms with E-state index in [4.69, 9.17) is 11.5 Å². The van der Waals surface area contributed by atoms with E-state index < -0.39 is 29.6 Å². The lowest BCUT2D eigenvalue weighted by atomic mass is 10.2. The van der Waals surface area contributed by atoms with Crippen LogP contribution in [0.4, 0.5) is 37.7 Å².